The van der Waals surface area contributed by atoms with Gasteiger partial charge >= 0.3 is 12.0 Å². The fourth-order valence-electron chi connectivity index (χ4n) is 6.28. The topological polar surface area (TPSA) is 84.5 Å². The number of hydrogen-bond acceptors (Lipinski definition) is 4. The van der Waals surface area contributed by atoms with Crippen LogP contribution in [0.2, 0.25) is 0 Å². The maximum Gasteiger partial charge on any atom is 0.321 e. The average molecular weight is 362 g/mol. The summed E-state index contributed by atoms with van der Waals surface area (Å²) >= 11 is 0. The molecule has 0 saturated heterocycles. The van der Waals surface area contributed by atoms with E-state index >= 15 is 0 Å². The van der Waals surface area contributed by atoms with Crippen molar-refractivity contribution in [1.29, 1.82) is 0 Å². The largest absolute Gasteiger partial charge is 0.455 e. The number of ether oxygens (including phenoxy) is 1. The molecule has 6 nitrogen and oxygen atoms in total. The van der Waals surface area contributed by atoms with Gasteiger partial charge < -0.3 is 10.1 Å². The van der Waals surface area contributed by atoms with Gasteiger partial charge in [-0.05, 0) is 69.1 Å². The van der Waals surface area contributed by atoms with Crippen LogP contribution in [0.5, 0.6) is 0 Å². The number of urea groups is 1. The number of esters is 1. The summed E-state index contributed by atoms with van der Waals surface area (Å²) in [5.41, 5.74) is -0.362. The number of nitrogens with one attached hydrogen (secondary N) is 2. The lowest BCUT2D eigenvalue weighted by atomic mass is 9.49. The highest BCUT2D eigenvalue weighted by atomic mass is 16.5. The Labute approximate surface area is 154 Å². The Morgan fingerprint density at radius 2 is 1.46 bits per heavy atom. The zero-order chi connectivity index (χ0) is 18.1. The Kier molecular flexibility index (Phi) is 4.93. The van der Waals surface area contributed by atoms with Crippen LogP contribution in [0.4, 0.5) is 4.79 Å². The highest BCUT2D eigenvalue weighted by Gasteiger charge is 2.55. The zero-order valence-electron chi connectivity index (χ0n) is 15.4. The maximum atomic E-state index is 12.7. The average Bonchev–Trinajstić information content (AvgIpc) is 2.59. The van der Waals surface area contributed by atoms with Crippen LogP contribution < -0.4 is 10.6 Å². The number of imide groups is 1. The van der Waals surface area contributed by atoms with Crippen molar-refractivity contribution in [2.45, 2.75) is 76.7 Å². The minimum absolute atomic E-state index is 0.145. The van der Waals surface area contributed by atoms with Crippen molar-refractivity contribution >= 4 is 17.9 Å². The second-order valence-electron chi connectivity index (χ2n) is 9.13. The van der Waals surface area contributed by atoms with Gasteiger partial charge in [0.15, 0.2) is 6.61 Å². The number of carbonyl (C=O) groups is 3. The summed E-state index contributed by atoms with van der Waals surface area (Å²) in [7, 11) is 0. The van der Waals surface area contributed by atoms with Gasteiger partial charge in [0.25, 0.3) is 5.91 Å². The molecule has 5 fully saturated rings. The van der Waals surface area contributed by atoms with Crippen molar-refractivity contribution in [3.8, 4) is 0 Å². The van der Waals surface area contributed by atoms with Gasteiger partial charge in [0, 0.05) is 6.04 Å². The maximum absolute atomic E-state index is 12.7. The third-order valence-electron chi connectivity index (χ3n) is 7.00. The van der Waals surface area contributed by atoms with Gasteiger partial charge in [-0.2, -0.15) is 0 Å². The number of hydrogen-bond donors (Lipinski definition) is 2. The van der Waals surface area contributed by atoms with Crippen LogP contribution in [-0.2, 0) is 14.3 Å². The van der Waals surface area contributed by atoms with Gasteiger partial charge in [0.2, 0.25) is 0 Å². The quantitative estimate of drug-likeness (QED) is 0.753. The summed E-state index contributed by atoms with van der Waals surface area (Å²) in [4.78, 5) is 36.6. The molecule has 0 aliphatic heterocycles. The molecule has 5 aliphatic rings. The molecular formula is C20H30N2O4. The van der Waals surface area contributed by atoms with Crippen molar-refractivity contribution in [2.75, 3.05) is 6.61 Å². The summed E-state index contributed by atoms with van der Waals surface area (Å²) in [6.45, 7) is -0.362. The van der Waals surface area contributed by atoms with Gasteiger partial charge in [-0.15, -0.1) is 0 Å². The first-order valence-electron chi connectivity index (χ1n) is 10.3. The molecule has 5 aliphatic carbocycles. The lowest BCUT2D eigenvalue weighted by Gasteiger charge is -2.55. The van der Waals surface area contributed by atoms with Crippen LogP contribution in [-0.4, -0.2) is 30.6 Å². The SMILES string of the molecule is O=C(COC(=O)C12CC3CC(CC(C3)C1)C2)NC(=O)NC1CCCCC1. The number of carbonyl (C=O) groups excluding carboxylic acids is 3. The fraction of sp³-hybridized carbons (Fsp3) is 0.850. The molecule has 0 aromatic heterocycles. The molecule has 0 spiro atoms. The van der Waals surface area contributed by atoms with Gasteiger partial charge in [-0.25, -0.2) is 4.79 Å². The van der Waals surface area contributed by atoms with Crippen LogP contribution in [0.25, 0.3) is 0 Å². The van der Waals surface area contributed by atoms with Crippen molar-refractivity contribution in [1.82, 2.24) is 10.6 Å². The molecule has 0 unspecified atom stereocenters. The van der Waals surface area contributed by atoms with Crippen LogP contribution in [0.1, 0.15) is 70.6 Å². The van der Waals surface area contributed by atoms with Gasteiger partial charge in [0.1, 0.15) is 0 Å². The second kappa shape index (κ2) is 7.20. The van der Waals surface area contributed by atoms with Crippen LogP contribution >= 0.6 is 0 Å². The first-order valence-corrected chi connectivity index (χ1v) is 10.3. The Morgan fingerprint density at radius 3 is 2.04 bits per heavy atom. The standard InChI is InChI=1S/C20H30N2O4/c23-17(22-19(25)21-16-4-2-1-3-5-16)12-26-18(24)20-9-13-6-14(10-20)8-15(7-13)11-20/h13-16H,1-12H2,(H2,21,22,23,25). The lowest BCUT2D eigenvalue weighted by Crippen LogP contribution is -2.51. The van der Waals surface area contributed by atoms with E-state index in [2.05, 4.69) is 10.6 Å². The summed E-state index contributed by atoms with van der Waals surface area (Å²) in [6.07, 6.45) is 11.9. The molecule has 5 rings (SSSR count). The smallest absolute Gasteiger partial charge is 0.321 e. The first kappa shape index (κ1) is 17.8. The molecule has 3 amide bonds. The van der Waals surface area contributed by atoms with E-state index in [-0.39, 0.29) is 24.0 Å². The zero-order valence-corrected chi connectivity index (χ0v) is 15.4. The molecular weight excluding hydrogens is 332 g/mol. The van der Waals surface area contributed by atoms with Gasteiger partial charge in [0.05, 0.1) is 5.41 Å². The van der Waals surface area contributed by atoms with Gasteiger partial charge in [-0.3, -0.25) is 14.9 Å². The predicted molar refractivity (Wildman–Crippen MR) is 95.1 cm³/mol. The molecule has 0 heterocycles. The van der Waals surface area contributed by atoms with E-state index in [1.807, 2.05) is 0 Å². The van der Waals surface area contributed by atoms with E-state index in [1.165, 1.54) is 25.7 Å². The van der Waals surface area contributed by atoms with Crippen LogP contribution in [0.3, 0.4) is 0 Å². The highest BCUT2D eigenvalue weighted by Crippen LogP contribution is 2.60. The van der Waals surface area contributed by atoms with Gasteiger partial charge in [-0.1, -0.05) is 19.3 Å². The Bertz CT molecular complexity index is 547. The predicted octanol–water partition coefficient (Wildman–Crippen LogP) is 2.90. The summed E-state index contributed by atoms with van der Waals surface area (Å²) in [5.74, 6) is 1.20. The van der Waals surface area contributed by atoms with Crippen molar-refractivity contribution < 1.29 is 19.1 Å². The third-order valence-corrected chi connectivity index (χ3v) is 7.00. The van der Waals surface area contributed by atoms with E-state index in [4.69, 9.17) is 4.74 Å². The molecule has 0 aromatic carbocycles. The molecule has 5 saturated carbocycles. The molecule has 6 heteroatoms. The fourth-order valence-corrected chi connectivity index (χ4v) is 6.28. The van der Waals surface area contributed by atoms with Crippen molar-refractivity contribution in [3.63, 3.8) is 0 Å². The minimum Gasteiger partial charge on any atom is -0.455 e. The number of amides is 3. The molecule has 4 bridgehead atoms. The van der Waals surface area contributed by atoms with E-state index in [0.29, 0.717) is 17.8 Å². The lowest BCUT2D eigenvalue weighted by molar-refractivity contribution is -0.173. The van der Waals surface area contributed by atoms with E-state index in [1.54, 1.807) is 0 Å². The highest BCUT2D eigenvalue weighted by molar-refractivity contribution is 5.95. The monoisotopic (exact) mass is 362 g/mol. The summed E-state index contributed by atoms with van der Waals surface area (Å²) in [5, 5.41) is 5.12. The Balaban J connectivity index is 1.23. The molecule has 0 radical (unpaired) electrons. The molecule has 2 N–H and O–H groups in total. The van der Waals surface area contributed by atoms with Crippen molar-refractivity contribution in [3.05, 3.63) is 0 Å². The second-order valence-corrected chi connectivity index (χ2v) is 9.13. The third kappa shape index (κ3) is 3.74. The summed E-state index contributed by atoms with van der Waals surface area (Å²) in [6, 6.07) is -0.334. The summed E-state index contributed by atoms with van der Waals surface area (Å²) < 4.78 is 5.35. The van der Waals surface area contributed by atoms with E-state index in [9.17, 15) is 14.4 Å². The molecule has 0 atom stereocenters. The normalized spacial score (nSPS) is 35.8. The Hall–Kier alpha value is -1.59. The number of rotatable bonds is 4. The van der Waals surface area contributed by atoms with E-state index < -0.39 is 11.9 Å². The first-order chi connectivity index (χ1) is 12.5. The van der Waals surface area contributed by atoms with Crippen molar-refractivity contribution in [2.24, 2.45) is 23.2 Å². The van der Waals surface area contributed by atoms with Crippen LogP contribution in [0, 0.1) is 23.2 Å². The minimum atomic E-state index is -0.545. The Morgan fingerprint density at radius 1 is 0.885 bits per heavy atom. The van der Waals surface area contributed by atoms with Crippen LogP contribution in [0.15, 0.2) is 0 Å². The molecule has 0 aromatic rings. The molecule has 26 heavy (non-hydrogen) atoms. The molecule has 144 valence electrons. The van der Waals surface area contributed by atoms with E-state index in [0.717, 1.165) is 44.9 Å².